The minimum Gasteiger partial charge on any atom is -0.497 e. The number of carbonyl (C=O) groups excluding carboxylic acids is 3. The first-order valence-electron chi connectivity index (χ1n) is 12.3. The Balaban J connectivity index is 1.55. The second-order valence-corrected chi connectivity index (χ2v) is 10.2. The van der Waals surface area contributed by atoms with Gasteiger partial charge in [0.2, 0.25) is 5.91 Å². The van der Waals surface area contributed by atoms with Gasteiger partial charge in [-0.25, -0.2) is 0 Å². The lowest BCUT2D eigenvalue weighted by Gasteiger charge is -2.38. The molecule has 7 rings (SSSR count). The molecular formula is C31H24N2O4. The summed E-state index contributed by atoms with van der Waals surface area (Å²) in [6, 6.07) is 26.0. The van der Waals surface area contributed by atoms with Crippen LogP contribution in [0.2, 0.25) is 0 Å². The molecule has 4 aromatic rings. The predicted molar refractivity (Wildman–Crippen MR) is 140 cm³/mol. The van der Waals surface area contributed by atoms with Gasteiger partial charge in [0.25, 0.3) is 0 Å². The molecule has 2 heterocycles. The van der Waals surface area contributed by atoms with Gasteiger partial charge in [0, 0.05) is 23.4 Å². The van der Waals surface area contributed by atoms with Crippen molar-refractivity contribution in [3.8, 4) is 5.75 Å². The number of nitrogens with one attached hydrogen (secondary N) is 1. The standard InChI is InChI=1S/C31H24N2O4/c1-33-17-30(22-10-3-4-12-24(22)32-29(30)36)27(26(34)19-13-15-20(37-2)16-14-19)31(33)23-11-6-8-18-7-5-9-21(25(18)23)28(31)35/h3-16,27H,17H2,1-2H3,(H,32,36)/t27-,30-,31-/m0/s1. The second-order valence-electron chi connectivity index (χ2n) is 10.2. The normalized spacial score (nSPS) is 25.7. The van der Waals surface area contributed by atoms with Gasteiger partial charge in [0.05, 0.1) is 13.0 Å². The average molecular weight is 489 g/mol. The van der Waals surface area contributed by atoms with E-state index >= 15 is 0 Å². The van der Waals surface area contributed by atoms with Crippen LogP contribution >= 0.6 is 0 Å². The van der Waals surface area contributed by atoms with E-state index in [0.717, 1.165) is 21.9 Å². The Kier molecular flexibility index (Phi) is 4.37. The molecule has 0 radical (unpaired) electrons. The lowest BCUT2D eigenvalue weighted by Crippen LogP contribution is -2.54. The zero-order valence-corrected chi connectivity index (χ0v) is 20.4. The van der Waals surface area contributed by atoms with E-state index in [0.29, 0.717) is 22.6 Å². The molecule has 1 fully saturated rings. The van der Waals surface area contributed by atoms with Crippen LogP contribution in [0.15, 0.2) is 84.9 Å². The SMILES string of the molecule is COc1ccc(C(=O)[C@H]2[C@@]3(CN(C)[C@]24C(=O)c2cccc5cccc4c25)C(=O)Nc2ccccc23)cc1. The quantitative estimate of drug-likeness (QED) is 0.428. The zero-order chi connectivity index (χ0) is 25.5. The third-order valence-electron chi connectivity index (χ3n) is 8.60. The Morgan fingerprint density at radius 2 is 1.62 bits per heavy atom. The highest BCUT2D eigenvalue weighted by molar-refractivity contribution is 6.24. The number of benzene rings is 4. The van der Waals surface area contributed by atoms with Gasteiger partial charge in [-0.05, 0) is 59.3 Å². The van der Waals surface area contributed by atoms with Crippen molar-refractivity contribution >= 4 is 33.9 Å². The van der Waals surface area contributed by atoms with Crippen LogP contribution < -0.4 is 10.1 Å². The van der Waals surface area contributed by atoms with Gasteiger partial charge >= 0.3 is 0 Å². The van der Waals surface area contributed by atoms with Crippen molar-refractivity contribution in [2.75, 3.05) is 26.0 Å². The number of amides is 1. The molecule has 0 aromatic heterocycles. The number of nitrogens with zero attached hydrogens (tertiary/aromatic N) is 1. The molecule has 6 nitrogen and oxygen atoms in total. The molecule has 3 aliphatic rings. The van der Waals surface area contributed by atoms with Crippen LogP contribution in [0.3, 0.4) is 0 Å². The molecule has 1 N–H and O–H groups in total. The van der Waals surface area contributed by atoms with Crippen LogP contribution in [0.25, 0.3) is 10.8 Å². The molecule has 37 heavy (non-hydrogen) atoms. The molecule has 1 amide bonds. The van der Waals surface area contributed by atoms with Gasteiger partial charge in [-0.3, -0.25) is 19.3 Å². The van der Waals surface area contributed by atoms with Crippen molar-refractivity contribution in [1.29, 1.82) is 0 Å². The Morgan fingerprint density at radius 3 is 2.38 bits per heavy atom. The largest absolute Gasteiger partial charge is 0.497 e. The van der Waals surface area contributed by atoms with Crippen molar-refractivity contribution in [2.45, 2.75) is 11.0 Å². The number of hydrogen-bond acceptors (Lipinski definition) is 5. The maximum atomic E-state index is 14.7. The maximum Gasteiger partial charge on any atom is 0.237 e. The Hall–Kier alpha value is -4.29. The van der Waals surface area contributed by atoms with Crippen LogP contribution in [0.4, 0.5) is 5.69 Å². The molecule has 3 atom stereocenters. The van der Waals surface area contributed by atoms with Crippen LogP contribution in [-0.2, 0) is 15.7 Å². The molecule has 4 aromatic carbocycles. The summed E-state index contributed by atoms with van der Waals surface area (Å²) in [6.07, 6.45) is 0. The number of likely N-dealkylation sites (N-methyl/N-ethyl adjacent to an activating group) is 1. The van der Waals surface area contributed by atoms with E-state index in [9.17, 15) is 14.4 Å². The number of fused-ring (bicyclic) bond motifs is 3. The molecule has 6 heteroatoms. The number of hydrogen-bond donors (Lipinski definition) is 1. The Bertz CT molecular complexity index is 1650. The topological polar surface area (TPSA) is 75.7 Å². The maximum absolute atomic E-state index is 14.7. The van der Waals surface area contributed by atoms with Crippen molar-refractivity contribution in [1.82, 2.24) is 4.90 Å². The zero-order valence-electron chi connectivity index (χ0n) is 20.4. The van der Waals surface area contributed by atoms with E-state index in [2.05, 4.69) is 5.32 Å². The van der Waals surface area contributed by atoms with Crippen molar-refractivity contribution in [3.63, 3.8) is 0 Å². The smallest absolute Gasteiger partial charge is 0.237 e. The van der Waals surface area contributed by atoms with E-state index in [1.165, 1.54) is 0 Å². The van der Waals surface area contributed by atoms with Crippen LogP contribution in [0.1, 0.15) is 31.8 Å². The van der Waals surface area contributed by atoms with Gasteiger partial charge in [-0.1, -0.05) is 54.6 Å². The first-order chi connectivity index (χ1) is 17.9. The highest BCUT2D eigenvalue weighted by atomic mass is 16.5. The number of carbonyl (C=O) groups is 3. The highest BCUT2D eigenvalue weighted by Crippen LogP contribution is 2.62. The average Bonchev–Trinajstić information content (AvgIpc) is 3.47. The lowest BCUT2D eigenvalue weighted by molar-refractivity contribution is -0.121. The molecule has 2 aliphatic heterocycles. The summed E-state index contributed by atoms with van der Waals surface area (Å²) in [5.74, 6) is -0.977. The van der Waals surface area contributed by atoms with E-state index in [4.69, 9.17) is 4.74 Å². The molecule has 1 aliphatic carbocycles. The summed E-state index contributed by atoms with van der Waals surface area (Å²) in [5, 5.41) is 4.83. The number of likely N-dealkylation sites (tertiary alicyclic amines) is 1. The summed E-state index contributed by atoms with van der Waals surface area (Å²) in [6.45, 7) is 0.235. The first kappa shape index (κ1) is 21.9. The number of ether oxygens (including phenoxy) is 1. The van der Waals surface area contributed by atoms with Crippen LogP contribution in [-0.4, -0.2) is 43.1 Å². The van der Waals surface area contributed by atoms with E-state index in [-0.39, 0.29) is 24.0 Å². The second kappa shape index (κ2) is 7.37. The molecule has 0 saturated carbocycles. The van der Waals surface area contributed by atoms with E-state index in [1.54, 1.807) is 31.4 Å². The van der Waals surface area contributed by atoms with Gasteiger partial charge < -0.3 is 10.1 Å². The van der Waals surface area contributed by atoms with Gasteiger partial charge in [0.1, 0.15) is 16.7 Å². The highest BCUT2D eigenvalue weighted by Gasteiger charge is 2.73. The van der Waals surface area contributed by atoms with Crippen molar-refractivity contribution in [3.05, 3.63) is 107 Å². The minimum absolute atomic E-state index is 0.136. The number of Topliss-reactive ketones (excluding diaryl/α,β-unsaturated/α-hetero) is 2. The molecule has 0 bridgehead atoms. The summed E-state index contributed by atoms with van der Waals surface area (Å²) in [5.41, 5.74) is 0.702. The third-order valence-corrected chi connectivity index (χ3v) is 8.60. The molecule has 2 spiro atoms. The lowest BCUT2D eigenvalue weighted by atomic mass is 9.62. The molecule has 182 valence electrons. The monoisotopic (exact) mass is 488 g/mol. The summed E-state index contributed by atoms with van der Waals surface area (Å²) in [7, 11) is 3.43. The fraction of sp³-hybridized carbons (Fsp3) is 0.194. The van der Waals surface area contributed by atoms with Gasteiger partial charge in [-0.2, -0.15) is 0 Å². The van der Waals surface area contributed by atoms with Gasteiger partial charge in [-0.15, -0.1) is 0 Å². The van der Waals surface area contributed by atoms with Crippen molar-refractivity contribution in [2.24, 2.45) is 5.92 Å². The van der Waals surface area contributed by atoms with Crippen LogP contribution in [0, 0.1) is 5.92 Å². The molecular weight excluding hydrogens is 464 g/mol. The number of rotatable bonds is 3. The summed E-state index contributed by atoms with van der Waals surface area (Å²) >= 11 is 0. The fourth-order valence-electron chi connectivity index (χ4n) is 7.12. The van der Waals surface area contributed by atoms with Crippen molar-refractivity contribution < 1.29 is 19.1 Å². The number of methoxy groups -OCH3 is 1. The minimum atomic E-state index is -1.32. The summed E-state index contributed by atoms with van der Waals surface area (Å²) in [4.78, 5) is 45.2. The number of para-hydroxylation sites is 1. The van der Waals surface area contributed by atoms with E-state index < -0.39 is 16.9 Å². The third kappa shape index (κ3) is 2.50. The number of ketones is 2. The number of anilines is 1. The molecule has 0 unspecified atom stereocenters. The van der Waals surface area contributed by atoms with E-state index in [1.807, 2.05) is 72.6 Å². The predicted octanol–water partition coefficient (Wildman–Crippen LogP) is 4.57. The fourth-order valence-corrected chi connectivity index (χ4v) is 7.12. The summed E-state index contributed by atoms with van der Waals surface area (Å²) < 4.78 is 5.30. The van der Waals surface area contributed by atoms with Crippen LogP contribution in [0.5, 0.6) is 5.75 Å². The Morgan fingerprint density at radius 1 is 0.919 bits per heavy atom. The first-order valence-corrected chi connectivity index (χ1v) is 12.3. The van der Waals surface area contributed by atoms with Gasteiger partial charge in [0.15, 0.2) is 11.6 Å². The molecule has 1 saturated heterocycles. The Labute approximate surface area is 213 Å².